The zero-order chi connectivity index (χ0) is 14.4. The number of nitrogens with two attached hydrogens (primary N) is 1. The Morgan fingerprint density at radius 2 is 2.05 bits per heavy atom. The van der Waals surface area contributed by atoms with Crippen LogP contribution in [0.5, 0.6) is 0 Å². The van der Waals surface area contributed by atoms with E-state index in [1.807, 2.05) is 25.1 Å². The number of piperazine rings is 3. The molecule has 3 saturated heterocycles. The third-order valence-electron chi connectivity index (χ3n) is 4.54. The molecule has 0 saturated carbocycles. The van der Waals surface area contributed by atoms with Crippen molar-refractivity contribution in [3.63, 3.8) is 0 Å². The molecule has 2 aromatic rings. The van der Waals surface area contributed by atoms with Gasteiger partial charge >= 0.3 is 0 Å². The van der Waals surface area contributed by atoms with Gasteiger partial charge in [-0.25, -0.2) is 0 Å². The van der Waals surface area contributed by atoms with E-state index < -0.39 is 0 Å². The van der Waals surface area contributed by atoms with Gasteiger partial charge in [0.25, 0.3) is 5.89 Å². The fourth-order valence-electron chi connectivity index (χ4n) is 3.12. The number of anilines is 1. The Balaban J connectivity index is 1.62. The number of aryl methyl sites for hydroxylation is 1. The smallest absolute Gasteiger partial charge is 0.258 e. The summed E-state index contributed by atoms with van der Waals surface area (Å²) < 4.78 is 5.44. The van der Waals surface area contributed by atoms with Crippen LogP contribution in [0, 0.1) is 6.92 Å². The first-order chi connectivity index (χ1) is 10.2. The molecular weight excluding hydrogens is 266 g/mol. The van der Waals surface area contributed by atoms with Gasteiger partial charge in [-0.15, -0.1) is 0 Å². The lowest BCUT2D eigenvalue weighted by atomic mass is 10.1. The lowest BCUT2D eigenvalue weighted by Crippen LogP contribution is -2.57. The van der Waals surface area contributed by atoms with Gasteiger partial charge in [-0.05, 0) is 24.6 Å². The first-order valence-corrected chi connectivity index (χ1v) is 7.37. The van der Waals surface area contributed by atoms with Crippen LogP contribution in [0.3, 0.4) is 0 Å². The van der Waals surface area contributed by atoms with Gasteiger partial charge in [-0.3, -0.25) is 9.80 Å². The van der Waals surface area contributed by atoms with Crippen molar-refractivity contribution < 1.29 is 4.52 Å². The molecule has 4 heterocycles. The summed E-state index contributed by atoms with van der Waals surface area (Å²) in [6.07, 6.45) is 0. The van der Waals surface area contributed by atoms with Crippen molar-refractivity contribution in [2.45, 2.75) is 13.0 Å². The van der Waals surface area contributed by atoms with Gasteiger partial charge in [0, 0.05) is 44.0 Å². The number of hydrogen-bond acceptors (Lipinski definition) is 6. The summed E-state index contributed by atoms with van der Waals surface area (Å²) in [5.41, 5.74) is 8.64. The fourth-order valence-corrected chi connectivity index (χ4v) is 3.12. The van der Waals surface area contributed by atoms with Crippen LogP contribution < -0.4 is 5.73 Å². The zero-order valence-electron chi connectivity index (χ0n) is 12.1. The molecule has 2 N–H and O–H groups in total. The van der Waals surface area contributed by atoms with Gasteiger partial charge in [0.2, 0.25) is 0 Å². The van der Waals surface area contributed by atoms with Crippen molar-refractivity contribution in [2.24, 2.45) is 0 Å². The topological polar surface area (TPSA) is 71.4 Å². The second kappa shape index (κ2) is 4.82. The van der Waals surface area contributed by atoms with Crippen LogP contribution in [0.4, 0.5) is 5.69 Å². The Labute approximate surface area is 123 Å². The predicted octanol–water partition coefficient (Wildman–Crippen LogP) is 1.30. The average molecular weight is 285 g/mol. The van der Waals surface area contributed by atoms with Gasteiger partial charge in [-0.2, -0.15) is 4.98 Å². The molecule has 0 radical (unpaired) electrons. The normalized spacial score (nSPS) is 28.0. The van der Waals surface area contributed by atoms with E-state index in [4.69, 9.17) is 10.3 Å². The second-order valence-electron chi connectivity index (χ2n) is 5.88. The first-order valence-electron chi connectivity index (χ1n) is 7.37. The Morgan fingerprint density at radius 3 is 2.71 bits per heavy atom. The number of nitrogens with zero attached hydrogens (tertiary/aromatic N) is 4. The van der Waals surface area contributed by atoms with Crippen LogP contribution in [0.2, 0.25) is 0 Å². The second-order valence-corrected chi connectivity index (χ2v) is 5.88. The van der Waals surface area contributed by atoms with Crippen molar-refractivity contribution in [1.82, 2.24) is 19.9 Å². The largest absolute Gasteiger partial charge is 0.398 e. The quantitative estimate of drug-likeness (QED) is 0.839. The summed E-state index contributed by atoms with van der Waals surface area (Å²) in [5, 5.41) is 4.19. The number of benzene rings is 1. The maximum atomic E-state index is 5.95. The van der Waals surface area contributed by atoms with Crippen LogP contribution >= 0.6 is 0 Å². The van der Waals surface area contributed by atoms with Gasteiger partial charge in [0.1, 0.15) is 0 Å². The van der Waals surface area contributed by atoms with E-state index in [-0.39, 0.29) is 6.04 Å². The lowest BCUT2D eigenvalue weighted by molar-refractivity contribution is 0.00781. The molecule has 6 nitrogen and oxygen atoms in total. The summed E-state index contributed by atoms with van der Waals surface area (Å²) >= 11 is 0. The molecule has 5 rings (SSSR count). The van der Waals surface area contributed by atoms with Crippen molar-refractivity contribution in [3.8, 4) is 11.5 Å². The number of aromatic nitrogens is 2. The molecule has 110 valence electrons. The van der Waals surface area contributed by atoms with Crippen molar-refractivity contribution in [1.29, 1.82) is 0 Å². The third-order valence-corrected chi connectivity index (χ3v) is 4.54. The Kier molecular flexibility index (Phi) is 2.94. The highest BCUT2D eigenvalue weighted by molar-refractivity contribution is 5.62. The van der Waals surface area contributed by atoms with E-state index in [1.165, 1.54) is 0 Å². The molecule has 3 aliphatic rings. The molecular formula is C15H19N5O. The highest BCUT2D eigenvalue weighted by Gasteiger charge is 2.35. The Hall–Kier alpha value is -1.92. The summed E-state index contributed by atoms with van der Waals surface area (Å²) in [7, 11) is 0. The van der Waals surface area contributed by atoms with Crippen molar-refractivity contribution in [2.75, 3.05) is 38.5 Å². The molecule has 1 unspecified atom stereocenters. The molecule has 2 bridgehead atoms. The van der Waals surface area contributed by atoms with Crippen LogP contribution in [0.15, 0.2) is 22.7 Å². The summed E-state index contributed by atoms with van der Waals surface area (Å²) in [5.74, 6) is 1.34. The Morgan fingerprint density at radius 1 is 1.24 bits per heavy atom. The van der Waals surface area contributed by atoms with E-state index >= 15 is 0 Å². The average Bonchev–Trinajstić information content (AvgIpc) is 3.01. The van der Waals surface area contributed by atoms with Crippen LogP contribution in [-0.4, -0.2) is 52.7 Å². The molecule has 21 heavy (non-hydrogen) atoms. The number of fused-ring (bicyclic) bond motifs is 3. The SMILES string of the molecule is Cc1ccc(-c2nc(C3CN4CCN3CC4)no2)cc1N. The number of rotatable bonds is 2. The Bertz CT molecular complexity index is 660. The monoisotopic (exact) mass is 285 g/mol. The van der Waals surface area contributed by atoms with Crippen LogP contribution in [0.25, 0.3) is 11.5 Å². The van der Waals surface area contributed by atoms with Crippen LogP contribution in [-0.2, 0) is 0 Å². The van der Waals surface area contributed by atoms with E-state index in [0.717, 1.165) is 55.4 Å². The molecule has 3 fully saturated rings. The van der Waals surface area contributed by atoms with Crippen molar-refractivity contribution in [3.05, 3.63) is 29.6 Å². The van der Waals surface area contributed by atoms with Crippen LogP contribution in [0.1, 0.15) is 17.4 Å². The molecule has 0 aliphatic carbocycles. The molecule has 0 spiro atoms. The predicted molar refractivity (Wildman–Crippen MR) is 79.6 cm³/mol. The molecule has 1 aromatic carbocycles. The van der Waals surface area contributed by atoms with E-state index in [0.29, 0.717) is 5.89 Å². The lowest BCUT2D eigenvalue weighted by Gasteiger charge is -2.46. The highest BCUT2D eigenvalue weighted by atomic mass is 16.5. The van der Waals surface area contributed by atoms with Gasteiger partial charge in [0.15, 0.2) is 5.82 Å². The summed E-state index contributed by atoms with van der Waals surface area (Å²) in [6.45, 7) is 7.46. The minimum Gasteiger partial charge on any atom is -0.398 e. The summed E-state index contributed by atoms with van der Waals surface area (Å²) in [4.78, 5) is 9.50. The van der Waals surface area contributed by atoms with Crippen molar-refractivity contribution >= 4 is 5.69 Å². The molecule has 1 atom stereocenters. The highest BCUT2D eigenvalue weighted by Crippen LogP contribution is 2.29. The number of hydrogen-bond donors (Lipinski definition) is 1. The van der Waals surface area contributed by atoms with E-state index in [2.05, 4.69) is 19.9 Å². The van der Waals surface area contributed by atoms with Gasteiger partial charge in [0.05, 0.1) is 6.04 Å². The van der Waals surface area contributed by atoms with Gasteiger partial charge in [-0.1, -0.05) is 11.2 Å². The third kappa shape index (κ3) is 2.20. The minimum atomic E-state index is 0.257. The van der Waals surface area contributed by atoms with E-state index in [9.17, 15) is 0 Å². The maximum absolute atomic E-state index is 5.95. The van der Waals surface area contributed by atoms with Gasteiger partial charge < -0.3 is 10.3 Å². The molecule has 6 heteroatoms. The zero-order valence-corrected chi connectivity index (χ0v) is 12.1. The molecule has 1 aromatic heterocycles. The first kappa shape index (κ1) is 12.8. The standard InChI is InChI=1S/C15H19N5O/c1-10-2-3-11(8-12(10)16)15-17-14(18-21-15)13-9-19-4-6-20(13)7-5-19/h2-3,8,13H,4-7,9,16H2,1H3. The number of nitrogen functional groups attached to an aromatic ring is 1. The minimum absolute atomic E-state index is 0.257. The molecule has 0 amide bonds. The fraction of sp³-hybridized carbons (Fsp3) is 0.467. The summed E-state index contributed by atoms with van der Waals surface area (Å²) in [6, 6.07) is 6.10. The van der Waals surface area contributed by atoms with E-state index in [1.54, 1.807) is 0 Å². The molecule has 3 aliphatic heterocycles. The maximum Gasteiger partial charge on any atom is 0.258 e.